The Balaban J connectivity index is 2.97. The third-order valence-corrected chi connectivity index (χ3v) is 2.88. The monoisotopic (exact) mass is 230 g/mol. The van der Waals surface area contributed by atoms with Gasteiger partial charge < -0.3 is 0 Å². The lowest BCUT2D eigenvalue weighted by Gasteiger charge is -2.27. The molecule has 1 aromatic carbocycles. The van der Waals surface area contributed by atoms with Crippen molar-refractivity contribution in [3.05, 3.63) is 34.9 Å². The van der Waals surface area contributed by atoms with Gasteiger partial charge in [0.2, 0.25) is 0 Å². The third-order valence-electron chi connectivity index (χ3n) is 2.39. The highest BCUT2D eigenvalue weighted by Gasteiger charge is 2.24. The van der Waals surface area contributed by atoms with Gasteiger partial charge in [-0.3, -0.25) is 0 Å². The summed E-state index contributed by atoms with van der Waals surface area (Å²) < 4.78 is 0. The molecule has 0 radical (unpaired) electrons. The fraction of sp³-hybridized carbons (Fsp3) is 0.500. The molecule has 0 amide bonds. The minimum absolute atomic E-state index is 0.0412. The zero-order valence-corrected chi connectivity index (χ0v) is 10.4. The van der Waals surface area contributed by atoms with Crippen LogP contribution in [-0.2, 0) is 5.41 Å². The first-order chi connectivity index (χ1) is 6.43. The molecule has 1 rings (SSSR count). The minimum atomic E-state index is 0.0412. The van der Waals surface area contributed by atoms with Gasteiger partial charge in [0.25, 0.3) is 0 Å². The molecule has 0 N–H and O–H groups in total. The van der Waals surface area contributed by atoms with Crippen molar-refractivity contribution < 1.29 is 0 Å². The molecule has 0 aliphatic heterocycles. The fourth-order valence-electron chi connectivity index (χ4n) is 1.82. The van der Waals surface area contributed by atoms with Crippen LogP contribution < -0.4 is 0 Å². The van der Waals surface area contributed by atoms with E-state index >= 15 is 0 Å². The van der Waals surface area contributed by atoms with E-state index in [0.717, 1.165) is 11.4 Å². The summed E-state index contributed by atoms with van der Waals surface area (Å²) in [4.78, 5) is 0. The second kappa shape index (κ2) is 4.55. The van der Waals surface area contributed by atoms with Crippen LogP contribution in [0.5, 0.6) is 0 Å². The number of hydrogen-bond acceptors (Lipinski definition) is 0. The van der Waals surface area contributed by atoms with Gasteiger partial charge in [0, 0.05) is 10.4 Å². The van der Waals surface area contributed by atoms with Gasteiger partial charge in [-0.25, -0.2) is 0 Å². The third kappa shape index (κ3) is 2.90. The smallest absolute Gasteiger partial charge is 0.0443 e. The Kier molecular flexibility index (Phi) is 3.86. The number of hydrogen-bond donors (Lipinski definition) is 0. The fourth-order valence-corrected chi connectivity index (χ4v) is 2.60. The summed E-state index contributed by atoms with van der Waals surface area (Å²) in [6, 6.07) is 7.97. The van der Waals surface area contributed by atoms with E-state index in [4.69, 9.17) is 23.2 Å². The highest BCUT2D eigenvalue weighted by atomic mass is 35.5. The quantitative estimate of drug-likeness (QED) is 0.665. The van der Waals surface area contributed by atoms with E-state index in [9.17, 15) is 0 Å². The molecule has 1 unspecified atom stereocenters. The Morgan fingerprint density at radius 3 is 2.36 bits per heavy atom. The number of benzene rings is 1. The van der Waals surface area contributed by atoms with Crippen molar-refractivity contribution in [2.75, 3.05) is 0 Å². The van der Waals surface area contributed by atoms with Crippen LogP contribution in [0.4, 0.5) is 0 Å². The van der Waals surface area contributed by atoms with Gasteiger partial charge in [-0.15, -0.1) is 11.6 Å². The van der Waals surface area contributed by atoms with E-state index in [0.29, 0.717) is 0 Å². The van der Waals surface area contributed by atoms with Crippen LogP contribution in [0.15, 0.2) is 24.3 Å². The first kappa shape index (κ1) is 11.9. The summed E-state index contributed by atoms with van der Waals surface area (Å²) in [5.74, 6) is 0. The highest BCUT2D eigenvalue weighted by Crippen LogP contribution is 2.34. The first-order valence-corrected chi connectivity index (χ1v) is 5.64. The van der Waals surface area contributed by atoms with Crippen LogP contribution >= 0.6 is 23.2 Å². The molecule has 0 aliphatic carbocycles. The number of halogens is 2. The standard InChI is InChI=1S/C12H16Cl2/c1-9(13)8-12(2,3)10-6-4-5-7-11(10)14/h4-7,9H,8H2,1-3H3. The summed E-state index contributed by atoms with van der Waals surface area (Å²) in [6.45, 7) is 6.36. The van der Waals surface area contributed by atoms with Crippen molar-refractivity contribution in [3.8, 4) is 0 Å². The lowest BCUT2D eigenvalue weighted by Crippen LogP contribution is -2.21. The highest BCUT2D eigenvalue weighted by molar-refractivity contribution is 6.31. The molecular weight excluding hydrogens is 215 g/mol. The molecule has 0 fully saturated rings. The minimum Gasteiger partial charge on any atom is -0.123 e. The lowest BCUT2D eigenvalue weighted by atomic mass is 9.80. The Morgan fingerprint density at radius 1 is 1.29 bits per heavy atom. The Bertz CT molecular complexity index is 303. The molecule has 2 heteroatoms. The Hall–Kier alpha value is -0.200. The SMILES string of the molecule is CC(Cl)CC(C)(C)c1ccccc1Cl. The lowest BCUT2D eigenvalue weighted by molar-refractivity contribution is 0.477. The normalized spacial score (nSPS) is 14.1. The molecule has 14 heavy (non-hydrogen) atoms. The predicted octanol–water partition coefficient (Wildman–Crippen LogP) is 4.64. The van der Waals surface area contributed by atoms with Crippen LogP contribution in [0.1, 0.15) is 32.8 Å². The van der Waals surface area contributed by atoms with Crippen molar-refractivity contribution in [1.29, 1.82) is 0 Å². The molecule has 1 atom stereocenters. The van der Waals surface area contributed by atoms with Crippen molar-refractivity contribution in [3.63, 3.8) is 0 Å². The summed E-state index contributed by atoms with van der Waals surface area (Å²) >= 11 is 12.2. The van der Waals surface area contributed by atoms with Gasteiger partial charge in [0.1, 0.15) is 0 Å². The van der Waals surface area contributed by atoms with Gasteiger partial charge in [-0.05, 0) is 30.4 Å². The zero-order valence-electron chi connectivity index (χ0n) is 8.85. The molecule has 0 saturated heterocycles. The first-order valence-electron chi connectivity index (χ1n) is 4.82. The van der Waals surface area contributed by atoms with Gasteiger partial charge in [0.05, 0.1) is 0 Å². The second-order valence-corrected chi connectivity index (χ2v) is 5.50. The van der Waals surface area contributed by atoms with Crippen LogP contribution in [0.3, 0.4) is 0 Å². The largest absolute Gasteiger partial charge is 0.123 e. The van der Waals surface area contributed by atoms with E-state index in [1.165, 1.54) is 5.56 Å². The zero-order chi connectivity index (χ0) is 10.8. The maximum atomic E-state index is 6.15. The van der Waals surface area contributed by atoms with Crippen LogP contribution in [0.2, 0.25) is 5.02 Å². The van der Waals surface area contributed by atoms with E-state index in [-0.39, 0.29) is 10.8 Å². The van der Waals surface area contributed by atoms with Gasteiger partial charge in [-0.1, -0.05) is 43.6 Å². The Labute approximate surface area is 96.2 Å². The molecule has 1 aromatic rings. The molecule has 0 nitrogen and oxygen atoms in total. The molecule has 0 aromatic heterocycles. The van der Waals surface area contributed by atoms with Gasteiger partial charge >= 0.3 is 0 Å². The van der Waals surface area contributed by atoms with E-state index < -0.39 is 0 Å². The molecule has 0 saturated carbocycles. The van der Waals surface area contributed by atoms with Crippen molar-refractivity contribution in [1.82, 2.24) is 0 Å². The van der Waals surface area contributed by atoms with Crippen molar-refractivity contribution >= 4 is 23.2 Å². The van der Waals surface area contributed by atoms with E-state index in [2.05, 4.69) is 19.9 Å². The maximum Gasteiger partial charge on any atom is 0.0443 e. The summed E-state index contributed by atoms with van der Waals surface area (Å²) in [7, 11) is 0. The van der Waals surface area contributed by atoms with Gasteiger partial charge in [-0.2, -0.15) is 0 Å². The maximum absolute atomic E-state index is 6.15. The second-order valence-electron chi connectivity index (χ2n) is 4.35. The molecular formula is C12H16Cl2. The van der Waals surface area contributed by atoms with Crippen LogP contribution in [0, 0.1) is 0 Å². The number of alkyl halides is 1. The van der Waals surface area contributed by atoms with Crippen LogP contribution in [-0.4, -0.2) is 5.38 Å². The Morgan fingerprint density at radius 2 is 1.86 bits per heavy atom. The molecule has 0 aliphatic rings. The van der Waals surface area contributed by atoms with Crippen molar-refractivity contribution in [2.45, 2.75) is 38.0 Å². The van der Waals surface area contributed by atoms with E-state index in [1.807, 2.05) is 25.1 Å². The molecule has 0 heterocycles. The predicted molar refractivity (Wildman–Crippen MR) is 64.4 cm³/mol. The number of rotatable bonds is 3. The molecule has 78 valence electrons. The van der Waals surface area contributed by atoms with Gasteiger partial charge in [0.15, 0.2) is 0 Å². The summed E-state index contributed by atoms with van der Waals surface area (Å²) in [5.41, 5.74) is 1.22. The summed E-state index contributed by atoms with van der Waals surface area (Å²) in [6.07, 6.45) is 0.929. The topological polar surface area (TPSA) is 0 Å². The van der Waals surface area contributed by atoms with Crippen LogP contribution in [0.25, 0.3) is 0 Å². The average molecular weight is 231 g/mol. The van der Waals surface area contributed by atoms with E-state index in [1.54, 1.807) is 0 Å². The average Bonchev–Trinajstić information content (AvgIpc) is 2.02. The van der Waals surface area contributed by atoms with Crippen molar-refractivity contribution in [2.24, 2.45) is 0 Å². The molecule has 0 spiro atoms. The summed E-state index contributed by atoms with van der Waals surface area (Å²) in [5, 5.41) is 0.996. The molecule has 0 bridgehead atoms.